The number of Topliss-reactive ketones (excluding diaryl/α,β-unsaturated/α-hetero) is 1. The maximum atomic E-state index is 14.5. The molecular formula is C42H58N6O8. The van der Waals surface area contributed by atoms with Crippen LogP contribution in [0.5, 0.6) is 0 Å². The van der Waals surface area contributed by atoms with E-state index in [1.807, 2.05) is 44.2 Å². The molecule has 5 atom stereocenters. The Hall–Kier alpha value is -5.27. The topological polar surface area (TPSA) is 183 Å². The molecule has 1 saturated carbocycles. The summed E-state index contributed by atoms with van der Waals surface area (Å²) in [5, 5.41) is 10.6. The molecule has 14 nitrogen and oxygen atoms in total. The number of likely N-dealkylation sites (tertiary alicyclic amines) is 1. The van der Waals surface area contributed by atoms with E-state index in [2.05, 4.69) is 21.3 Å². The summed E-state index contributed by atoms with van der Waals surface area (Å²) >= 11 is 0. The number of hydrogen-bond donors (Lipinski definition) is 4. The van der Waals surface area contributed by atoms with Crippen molar-refractivity contribution in [1.29, 1.82) is 0 Å². The second kappa shape index (κ2) is 21.1. The molecule has 0 bridgehead atoms. The standard InChI is InChI=1S/C42H58N6O8/c1-6-16-32(37(50)39(52)43-25-33(49)45-34(40(53)47(4)5)29-19-12-8-13-20-29)44-38(51)36-31(28-17-10-7-11-18-28)23-24-48(36)41(54)35(30-21-14-9-15-22-30)46-42(55)56-26-27(2)3/h7-8,10-13,17-20,27,30-32,34-36H,6,9,14-16,21-26H2,1-5H3,(H,43,52)(H,44,51)(H,45,49)(H,46,55)/t31?,32-,34?,35+,36+/m1/s1. The van der Waals surface area contributed by atoms with Crippen LogP contribution in [0.15, 0.2) is 60.7 Å². The van der Waals surface area contributed by atoms with Gasteiger partial charge in [-0.3, -0.25) is 28.8 Å². The molecule has 14 heteroatoms. The zero-order valence-corrected chi connectivity index (χ0v) is 33.3. The zero-order valence-electron chi connectivity index (χ0n) is 33.3. The van der Waals surface area contributed by atoms with E-state index in [1.54, 1.807) is 51.4 Å². The van der Waals surface area contributed by atoms with E-state index < -0.39 is 66.2 Å². The van der Waals surface area contributed by atoms with Crippen molar-refractivity contribution in [2.75, 3.05) is 33.8 Å². The first-order valence-electron chi connectivity index (χ1n) is 19.8. The number of hydrogen-bond acceptors (Lipinski definition) is 8. The molecule has 56 heavy (non-hydrogen) atoms. The lowest BCUT2D eigenvalue weighted by Gasteiger charge is -2.35. The van der Waals surface area contributed by atoms with Crippen LogP contribution in [0.2, 0.25) is 0 Å². The van der Waals surface area contributed by atoms with Gasteiger partial charge in [0.05, 0.1) is 19.2 Å². The third-order valence-corrected chi connectivity index (χ3v) is 10.4. The molecule has 2 unspecified atom stereocenters. The van der Waals surface area contributed by atoms with Crippen LogP contribution in [0.1, 0.15) is 95.2 Å². The number of alkyl carbamates (subject to hydrolysis) is 1. The number of carbonyl (C=O) groups excluding carboxylic acids is 7. The van der Waals surface area contributed by atoms with Gasteiger partial charge in [0.15, 0.2) is 0 Å². The summed E-state index contributed by atoms with van der Waals surface area (Å²) in [5.74, 6) is -4.52. The molecule has 1 heterocycles. The predicted molar refractivity (Wildman–Crippen MR) is 210 cm³/mol. The van der Waals surface area contributed by atoms with Gasteiger partial charge in [-0.2, -0.15) is 0 Å². The van der Waals surface area contributed by atoms with Crippen LogP contribution in [0.4, 0.5) is 4.79 Å². The highest BCUT2D eigenvalue weighted by Gasteiger charge is 2.47. The maximum Gasteiger partial charge on any atom is 0.407 e. The van der Waals surface area contributed by atoms with Crippen LogP contribution < -0.4 is 21.3 Å². The molecule has 4 rings (SSSR count). The van der Waals surface area contributed by atoms with Crippen LogP contribution >= 0.6 is 0 Å². The largest absolute Gasteiger partial charge is 0.449 e. The molecule has 304 valence electrons. The van der Waals surface area contributed by atoms with Crippen molar-refractivity contribution in [3.05, 3.63) is 71.8 Å². The van der Waals surface area contributed by atoms with Gasteiger partial charge in [-0.25, -0.2) is 4.79 Å². The Morgan fingerprint density at radius 3 is 2.09 bits per heavy atom. The number of ether oxygens (including phenoxy) is 1. The normalized spacial score (nSPS) is 18.6. The summed E-state index contributed by atoms with van der Waals surface area (Å²) in [4.78, 5) is 97.3. The van der Waals surface area contributed by atoms with E-state index in [0.29, 0.717) is 18.4 Å². The van der Waals surface area contributed by atoms with Gasteiger partial charge in [0.2, 0.25) is 29.4 Å². The second-order valence-electron chi connectivity index (χ2n) is 15.3. The minimum absolute atomic E-state index is 0.103. The molecule has 1 aliphatic carbocycles. The van der Waals surface area contributed by atoms with Crippen LogP contribution in [0, 0.1) is 11.8 Å². The third kappa shape index (κ3) is 11.9. The summed E-state index contributed by atoms with van der Waals surface area (Å²) in [6.45, 7) is 5.49. The molecular weight excluding hydrogens is 716 g/mol. The van der Waals surface area contributed by atoms with Crippen LogP contribution in [0.25, 0.3) is 0 Å². The average Bonchev–Trinajstić information content (AvgIpc) is 3.66. The summed E-state index contributed by atoms with van der Waals surface area (Å²) in [6.07, 6.45) is 4.70. The first kappa shape index (κ1) is 43.5. The Balaban J connectivity index is 1.51. The van der Waals surface area contributed by atoms with E-state index >= 15 is 0 Å². The fourth-order valence-corrected chi connectivity index (χ4v) is 7.48. The molecule has 6 amide bonds. The van der Waals surface area contributed by atoms with Gasteiger partial charge < -0.3 is 35.8 Å². The van der Waals surface area contributed by atoms with Crippen molar-refractivity contribution >= 4 is 41.4 Å². The molecule has 0 aromatic heterocycles. The summed E-state index contributed by atoms with van der Waals surface area (Å²) in [6, 6.07) is 13.8. The minimum atomic E-state index is -1.24. The number of carbonyl (C=O) groups is 7. The fraction of sp³-hybridized carbons (Fsp3) is 0.548. The Labute approximate surface area is 329 Å². The fourth-order valence-electron chi connectivity index (χ4n) is 7.48. The molecule has 2 aromatic rings. The van der Waals surface area contributed by atoms with Gasteiger partial charge >= 0.3 is 6.09 Å². The van der Waals surface area contributed by atoms with E-state index in [-0.39, 0.29) is 43.2 Å². The van der Waals surface area contributed by atoms with Crippen molar-refractivity contribution in [3.8, 4) is 0 Å². The Kier molecular flexibility index (Phi) is 16.4. The third-order valence-electron chi connectivity index (χ3n) is 10.4. The number of nitrogens with zero attached hydrogens (tertiary/aromatic N) is 2. The first-order chi connectivity index (χ1) is 26.8. The van der Waals surface area contributed by atoms with Gasteiger partial charge in [0, 0.05) is 26.6 Å². The van der Waals surface area contributed by atoms with Gasteiger partial charge in [-0.1, -0.05) is 107 Å². The number of likely N-dealkylation sites (N-methyl/N-ethyl adjacent to an activating group) is 1. The van der Waals surface area contributed by atoms with Gasteiger partial charge in [0.1, 0.15) is 18.1 Å². The first-order valence-corrected chi connectivity index (χ1v) is 19.8. The number of amides is 6. The Morgan fingerprint density at radius 1 is 0.839 bits per heavy atom. The molecule has 2 fully saturated rings. The SMILES string of the molecule is CCC[C@@H](NC(=O)[C@@H]1C(c2ccccc2)CCN1C(=O)[C@@H](NC(=O)OCC(C)C)C1CCCCC1)C(=O)C(=O)NCC(=O)NC(C(=O)N(C)C)c1ccccc1. The molecule has 2 aromatic carbocycles. The Morgan fingerprint density at radius 2 is 1.48 bits per heavy atom. The summed E-state index contributed by atoms with van der Waals surface area (Å²) in [5.41, 5.74) is 1.39. The summed E-state index contributed by atoms with van der Waals surface area (Å²) < 4.78 is 5.41. The Bertz CT molecular complexity index is 1660. The quantitative estimate of drug-likeness (QED) is 0.176. The maximum absolute atomic E-state index is 14.5. The second-order valence-corrected chi connectivity index (χ2v) is 15.3. The van der Waals surface area contributed by atoms with E-state index in [4.69, 9.17) is 4.74 Å². The average molecular weight is 775 g/mol. The van der Waals surface area contributed by atoms with E-state index in [9.17, 15) is 33.6 Å². The lowest BCUT2D eigenvalue weighted by Crippen LogP contribution is -2.59. The monoisotopic (exact) mass is 774 g/mol. The lowest BCUT2D eigenvalue weighted by molar-refractivity contribution is -0.144. The zero-order chi connectivity index (χ0) is 40.8. The number of rotatable bonds is 17. The van der Waals surface area contributed by atoms with E-state index in [0.717, 1.165) is 37.7 Å². The highest BCUT2D eigenvalue weighted by Crippen LogP contribution is 2.36. The van der Waals surface area contributed by atoms with Gasteiger partial charge in [0.25, 0.3) is 5.91 Å². The van der Waals surface area contributed by atoms with Crippen LogP contribution in [-0.4, -0.2) is 103 Å². The van der Waals surface area contributed by atoms with Crippen molar-refractivity contribution in [2.24, 2.45) is 11.8 Å². The number of nitrogens with one attached hydrogen (secondary N) is 4. The molecule has 4 N–H and O–H groups in total. The molecule has 1 saturated heterocycles. The van der Waals surface area contributed by atoms with Crippen molar-refractivity contribution in [1.82, 2.24) is 31.1 Å². The van der Waals surface area contributed by atoms with E-state index in [1.165, 1.54) is 9.80 Å². The predicted octanol–water partition coefficient (Wildman–Crippen LogP) is 3.62. The van der Waals surface area contributed by atoms with Gasteiger partial charge in [-0.15, -0.1) is 0 Å². The van der Waals surface area contributed by atoms with Crippen LogP contribution in [-0.2, 0) is 33.5 Å². The highest BCUT2D eigenvalue weighted by molar-refractivity contribution is 6.38. The molecule has 0 spiro atoms. The lowest BCUT2D eigenvalue weighted by atomic mass is 9.83. The molecule has 0 radical (unpaired) electrons. The molecule has 1 aliphatic heterocycles. The van der Waals surface area contributed by atoms with Crippen molar-refractivity contribution in [2.45, 2.75) is 102 Å². The van der Waals surface area contributed by atoms with Crippen molar-refractivity contribution in [3.63, 3.8) is 0 Å². The smallest absolute Gasteiger partial charge is 0.407 e. The summed E-state index contributed by atoms with van der Waals surface area (Å²) in [7, 11) is 3.12. The minimum Gasteiger partial charge on any atom is -0.449 e. The van der Waals surface area contributed by atoms with Crippen molar-refractivity contribution < 1.29 is 38.3 Å². The number of benzene rings is 2. The molecule has 2 aliphatic rings. The van der Waals surface area contributed by atoms with Gasteiger partial charge in [-0.05, 0) is 48.6 Å². The number of ketones is 1. The van der Waals surface area contributed by atoms with Crippen LogP contribution in [0.3, 0.4) is 0 Å². The highest BCUT2D eigenvalue weighted by atomic mass is 16.5.